The average molecular weight is 374 g/mol. The van der Waals surface area contributed by atoms with Crippen molar-refractivity contribution in [3.05, 3.63) is 39.4 Å². The highest BCUT2D eigenvalue weighted by Crippen LogP contribution is 2.36. The molecule has 140 valence electrons. The molecule has 0 amide bonds. The Morgan fingerprint density at radius 3 is 2.35 bits per heavy atom. The number of alkyl halides is 3. The molecule has 2 aromatic rings. The average Bonchev–Trinajstić information content (AvgIpc) is 3.07. The number of methoxy groups -OCH3 is 1. The minimum absolute atomic E-state index is 0.223. The van der Waals surface area contributed by atoms with Crippen LogP contribution in [0.1, 0.15) is 28.9 Å². The second kappa shape index (κ2) is 6.19. The normalized spacial score (nSPS) is 14.9. The van der Waals surface area contributed by atoms with E-state index in [-0.39, 0.29) is 24.4 Å². The lowest BCUT2D eigenvalue weighted by atomic mass is 10.1. The van der Waals surface area contributed by atoms with Crippen LogP contribution in [-0.2, 0) is 6.18 Å². The van der Waals surface area contributed by atoms with Crippen LogP contribution in [0.5, 0.6) is 5.75 Å². The van der Waals surface area contributed by atoms with Crippen molar-refractivity contribution in [3.63, 3.8) is 0 Å². The molecule has 10 heteroatoms. The van der Waals surface area contributed by atoms with Crippen LogP contribution in [0.15, 0.2) is 16.9 Å². The molecule has 1 aliphatic heterocycles. The Bertz CT molecular complexity index is 946. The quantitative estimate of drug-likeness (QED) is 0.837. The maximum atomic E-state index is 13.8. The van der Waals surface area contributed by atoms with Crippen molar-refractivity contribution in [1.29, 1.82) is 0 Å². The molecule has 3 rings (SSSR count). The highest BCUT2D eigenvalue weighted by Gasteiger charge is 2.43. The molecule has 1 aromatic carbocycles. The summed E-state index contributed by atoms with van der Waals surface area (Å²) in [4.78, 5) is 24.0. The number of carboxylic acids is 1. The fraction of sp³-hybridized carbons (Fsp3) is 0.375. The van der Waals surface area contributed by atoms with Gasteiger partial charge in [0, 0.05) is 19.2 Å². The van der Waals surface area contributed by atoms with Gasteiger partial charge in [0.15, 0.2) is 5.69 Å². The Labute approximate surface area is 144 Å². The van der Waals surface area contributed by atoms with E-state index in [1.807, 2.05) is 0 Å². The zero-order chi connectivity index (χ0) is 19.2. The standard InChI is InChI=1S/C16H14F4N2O4/c1-26-10-7-8(17)6-9-12(10)22(21-4-2-3-5-21)14(16(18,19)20)11(13(9)23)15(24)25/h6-7H,2-5H2,1H3,(H,24,25). The highest BCUT2D eigenvalue weighted by atomic mass is 19.4. The molecule has 6 nitrogen and oxygen atoms in total. The fourth-order valence-electron chi connectivity index (χ4n) is 3.22. The first-order valence-corrected chi connectivity index (χ1v) is 7.68. The third-order valence-corrected chi connectivity index (χ3v) is 4.24. The lowest BCUT2D eigenvalue weighted by Gasteiger charge is -2.29. The van der Waals surface area contributed by atoms with Gasteiger partial charge in [-0.15, -0.1) is 0 Å². The van der Waals surface area contributed by atoms with Crippen molar-refractivity contribution < 1.29 is 32.2 Å². The molecule has 1 aliphatic rings. The molecule has 1 fully saturated rings. The molecule has 0 aliphatic carbocycles. The van der Waals surface area contributed by atoms with Crippen LogP contribution in [0.25, 0.3) is 10.9 Å². The minimum Gasteiger partial charge on any atom is -0.494 e. The lowest BCUT2D eigenvalue weighted by Crippen LogP contribution is -2.40. The van der Waals surface area contributed by atoms with Crippen LogP contribution < -0.4 is 15.2 Å². The van der Waals surface area contributed by atoms with E-state index in [0.29, 0.717) is 17.5 Å². The first-order valence-electron chi connectivity index (χ1n) is 7.68. The number of nitrogens with zero attached hydrogens (tertiary/aromatic N) is 2. The number of hydrogen-bond donors (Lipinski definition) is 1. The summed E-state index contributed by atoms with van der Waals surface area (Å²) in [6.45, 7) is 0.446. The van der Waals surface area contributed by atoms with Gasteiger partial charge in [-0.3, -0.25) is 4.79 Å². The molecule has 1 N–H and O–H groups in total. The van der Waals surface area contributed by atoms with Crippen molar-refractivity contribution in [1.82, 2.24) is 4.68 Å². The number of aromatic carboxylic acids is 1. The van der Waals surface area contributed by atoms with Crippen LogP contribution in [0.2, 0.25) is 0 Å². The van der Waals surface area contributed by atoms with Gasteiger partial charge < -0.3 is 14.9 Å². The van der Waals surface area contributed by atoms with Gasteiger partial charge >= 0.3 is 12.1 Å². The van der Waals surface area contributed by atoms with E-state index in [2.05, 4.69) is 0 Å². The number of benzene rings is 1. The Kier molecular flexibility index (Phi) is 4.29. The van der Waals surface area contributed by atoms with Gasteiger partial charge in [-0.05, 0) is 18.9 Å². The molecule has 0 unspecified atom stereocenters. The van der Waals surface area contributed by atoms with Crippen LogP contribution in [0.3, 0.4) is 0 Å². The van der Waals surface area contributed by atoms with Crippen LogP contribution >= 0.6 is 0 Å². The first kappa shape index (κ1) is 18.0. The van der Waals surface area contributed by atoms with Crippen molar-refractivity contribution in [2.45, 2.75) is 19.0 Å². The zero-order valence-electron chi connectivity index (χ0n) is 13.6. The largest absolute Gasteiger partial charge is 0.494 e. The predicted molar refractivity (Wildman–Crippen MR) is 83.9 cm³/mol. The number of carboxylic acid groups (broad SMARTS) is 1. The third-order valence-electron chi connectivity index (χ3n) is 4.24. The summed E-state index contributed by atoms with van der Waals surface area (Å²) in [6.07, 6.45) is -3.93. The van der Waals surface area contributed by atoms with E-state index in [9.17, 15) is 32.3 Å². The summed E-state index contributed by atoms with van der Waals surface area (Å²) in [6, 6.07) is 1.58. The van der Waals surface area contributed by atoms with Gasteiger partial charge in [0.05, 0.1) is 12.5 Å². The van der Waals surface area contributed by atoms with Crippen molar-refractivity contribution in [2.75, 3.05) is 25.2 Å². The van der Waals surface area contributed by atoms with E-state index in [1.165, 1.54) is 5.01 Å². The number of ether oxygens (including phenoxy) is 1. The van der Waals surface area contributed by atoms with E-state index < -0.39 is 40.0 Å². The number of halogens is 4. The Morgan fingerprint density at radius 1 is 1.23 bits per heavy atom. The Hall–Kier alpha value is -2.78. The smallest absolute Gasteiger partial charge is 0.434 e. The van der Waals surface area contributed by atoms with Crippen molar-refractivity contribution in [3.8, 4) is 5.75 Å². The van der Waals surface area contributed by atoms with Crippen LogP contribution in [-0.4, -0.2) is 36.0 Å². The molecule has 0 saturated carbocycles. The van der Waals surface area contributed by atoms with Gasteiger partial charge in [0.2, 0.25) is 5.43 Å². The highest BCUT2D eigenvalue weighted by molar-refractivity contribution is 5.96. The molecular formula is C16H14F4N2O4. The Balaban J connectivity index is 2.62. The second-order valence-corrected chi connectivity index (χ2v) is 5.83. The fourth-order valence-corrected chi connectivity index (χ4v) is 3.22. The third kappa shape index (κ3) is 2.74. The van der Waals surface area contributed by atoms with Crippen molar-refractivity contribution >= 4 is 16.9 Å². The summed E-state index contributed by atoms with van der Waals surface area (Å²) < 4.78 is 60.8. The number of fused-ring (bicyclic) bond motifs is 1. The van der Waals surface area contributed by atoms with E-state index in [1.54, 1.807) is 0 Å². The van der Waals surface area contributed by atoms with Gasteiger partial charge in [-0.25, -0.2) is 13.9 Å². The summed E-state index contributed by atoms with van der Waals surface area (Å²) in [5, 5.41) is 10.1. The Morgan fingerprint density at radius 2 is 1.85 bits per heavy atom. The van der Waals surface area contributed by atoms with Crippen LogP contribution in [0.4, 0.5) is 17.6 Å². The maximum absolute atomic E-state index is 13.8. The lowest BCUT2D eigenvalue weighted by molar-refractivity contribution is -0.144. The molecule has 2 heterocycles. The van der Waals surface area contributed by atoms with Gasteiger partial charge in [0.1, 0.15) is 22.6 Å². The molecule has 0 bridgehead atoms. The number of rotatable bonds is 3. The molecular weight excluding hydrogens is 360 g/mol. The summed E-state index contributed by atoms with van der Waals surface area (Å²) in [7, 11) is 1.13. The SMILES string of the molecule is COc1cc(F)cc2c(=O)c(C(=O)O)c(C(F)(F)F)n(N3CCCC3)c12. The van der Waals surface area contributed by atoms with Crippen molar-refractivity contribution in [2.24, 2.45) is 0 Å². The van der Waals surface area contributed by atoms with Crippen LogP contribution in [0, 0.1) is 5.82 Å². The molecule has 1 aromatic heterocycles. The maximum Gasteiger partial charge on any atom is 0.434 e. The van der Waals surface area contributed by atoms with Gasteiger partial charge in [0.25, 0.3) is 0 Å². The van der Waals surface area contributed by atoms with Gasteiger partial charge in [-0.1, -0.05) is 0 Å². The molecule has 26 heavy (non-hydrogen) atoms. The predicted octanol–water partition coefficient (Wildman–Crippen LogP) is 2.60. The zero-order valence-corrected chi connectivity index (χ0v) is 13.6. The second-order valence-electron chi connectivity index (χ2n) is 5.83. The first-order chi connectivity index (χ1) is 12.2. The molecule has 1 saturated heterocycles. The number of pyridine rings is 1. The number of aromatic nitrogens is 1. The van der Waals surface area contributed by atoms with E-state index in [4.69, 9.17) is 4.74 Å². The summed E-state index contributed by atoms with van der Waals surface area (Å²) >= 11 is 0. The molecule has 0 atom stereocenters. The molecule has 0 spiro atoms. The summed E-state index contributed by atoms with van der Waals surface area (Å²) in [5.74, 6) is -3.23. The van der Waals surface area contributed by atoms with E-state index >= 15 is 0 Å². The number of carbonyl (C=O) groups is 1. The number of hydrogen-bond acceptors (Lipinski definition) is 4. The summed E-state index contributed by atoms with van der Waals surface area (Å²) in [5.41, 5.74) is -4.76. The minimum atomic E-state index is -5.12. The topological polar surface area (TPSA) is 71.8 Å². The van der Waals surface area contributed by atoms with E-state index in [0.717, 1.165) is 19.2 Å². The molecule has 0 radical (unpaired) electrons. The van der Waals surface area contributed by atoms with Gasteiger partial charge in [-0.2, -0.15) is 13.2 Å². The monoisotopic (exact) mass is 374 g/mol.